The van der Waals surface area contributed by atoms with Crippen LogP contribution < -0.4 is 10.2 Å². The first-order valence-corrected chi connectivity index (χ1v) is 9.77. The van der Waals surface area contributed by atoms with Gasteiger partial charge in [-0.3, -0.25) is 9.78 Å². The zero-order chi connectivity index (χ0) is 20.1. The zero-order valence-corrected chi connectivity index (χ0v) is 16.1. The van der Waals surface area contributed by atoms with Crippen molar-refractivity contribution in [3.05, 3.63) is 65.9 Å². The Balaban J connectivity index is 1.67. The molecule has 1 aliphatic rings. The van der Waals surface area contributed by atoms with Crippen LogP contribution in [0.1, 0.15) is 24.0 Å². The maximum atomic E-state index is 10.9. The SMILES string of the molecule is O=C(O)CCNc1cc(N2CCCc3ccccc3C2)nc(-c2ccccn2)n1. The fourth-order valence-electron chi connectivity index (χ4n) is 3.49. The molecule has 0 aliphatic carbocycles. The Morgan fingerprint density at radius 2 is 1.93 bits per heavy atom. The van der Waals surface area contributed by atoms with E-state index in [1.54, 1.807) is 6.20 Å². The van der Waals surface area contributed by atoms with Gasteiger partial charge in [-0.05, 0) is 36.1 Å². The average Bonchev–Trinajstić information content (AvgIpc) is 2.96. The summed E-state index contributed by atoms with van der Waals surface area (Å²) in [6, 6.07) is 16.0. The van der Waals surface area contributed by atoms with Crippen LogP contribution in [-0.4, -0.2) is 39.1 Å². The first kappa shape index (κ1) is 18.9. The lowest BCUT2D eigenvalue weighted by Gasteiger charge is -2.23. The highest BCUT2D eigenvalue weighted by Gasteiger charge is 2.18. The van der Waals surface area contributed by atoms with Crippen LogP contribution >= 0.6 is 0 Å². The Hall–Kier alpha value is -3.48. The van der Waals surface area contributed by atoms with Crippen molar-refractivity contribution in [2.45, 2.75) is 25.8 Å². The minimum atomic E-state index is -0.846. The normalized spacial score (nSPS) is 13.4. The molecule has 0 radical (unpaired) electrons. The summed E-state index contributed by atoms with van der Waals surface area (Å²) in [5.74, 6) is 1.10. The van der Waals surface area contributed by atoms with Crippen LogP contribution in [0.3, 0.4) is 0 Å². The second-order valence-electron chi connectivity index (χ2n) is 7.01. The van der Waals surface area contributed by atoms with Gasteiger partial charge in [-0.2, -0.15) is 0 Å². The first-order chi connectivity index (χ1) is 14.2. The molecule has 148 valence electrons. The van der Waals surface area contributed by atoms with Gasteiger partial charge in [0, 0.05) is 31.9 Å². The molecular weight excluding hydrogens is 366 g/mol. The summed E-state index contributed by atoms with van der Waals surface area (Å²) < 4.78 is 0. The molecule has 0 amide bonds. The van der Waals surface area contributed by atoms with Gasteiger partial charge in [0.05, 0.1) is 6.42 Å². The number of nitrogens with zero attached hydrogens (tertiary/aromatic N) is 4. The molecule has 0 atom stereocenters. The van der Waals surface area contributed by atoms with Crippen LogP contribution in [0.25, 0.3) is 11.5 Å². The number of aryl methyl sites for hydroxylation is 1. The number of hydrogen-bond acceptors (Lipinski definition) is 6. The van der Waals surface area contributed by atoms with Crippen LogP contribution in [0.4, 0.5) is 11.6 Å². The predicted octanol–water partition coefficient (Wildman–Crippen LogP) is 3.38. The van der Waals surface area contributed by atoms with Crippen molar-refractivity contribution in [2.24, 2.45) is 0 Å². The smallest absolute Gasteiger partial charge is 0.305 e. The Morgan fingerprint density at radius 3 is 2.72 bits per heavy atom. The summed E-state index contributed by atoms with van der Waals surface area (Å²) in [5, 5.41) is 12.0. The average molecular weight is 389 g/mol. The maximum Gasteiger partial charge on any atom is 0.305 e. The van der Waals surface area contributed by atoms with E-state index in [1.807, 2.05) is 24.3 Å². The summed E-state index contributed by atoms with van der Waals surface area (Å²) >= 11 is 0. The minimum Gasteiger partial charge on any atom is -0.481 e. The molecule has 2 N–H and O–H groups in total. The molecule has 0 unspecified atom stereocenters. The predicted molar refractivity (Wildman–Crippen MR) is 112 cm³/mol. The zero-order valence-electron chi connectivity index (χ0n) is 16.1. The van der Waals surface area contributed by atoms with Gasteiger partial charge in [-0.15, -0.1) is 0 Å². The number of aliphatic carboxylic acids is 1. The lowest BCUT2D eigenvalue weighted by atomic mass is 10.0. The summed E-state index contributed by atoms with van der Waals surface area (Å²) in [4.78, 5) is 26.8. The third-order valence-corrected chi connectivity index (χ3v) is 4.93. The molecule has 1 aliphatic heterocycles. The standard InChI is InChI=1S/C22H23N5O2/c28-21(29)10-12-24-19-14-20(26-22(25-19)18-9-3-4-11-23-18)27-13-5-8-16-6-1-2-7-17(16)15-27/h1-4,6-7,9,11,14H,5,8,10,12-13,15H2,(H,28,29)(H,24,25,26). The number of carboxylic acids is 1. The summed E-state index contributed by atoms with van der Waals surface area (Å²) in [5.41, 5.74) is 3.38. The van der Waals surface area contributed by atoms with Crippen molar-refractivity contribution in [3.63, 3.8) is 0 Å². The number of carboxylic acid groups (broad SMARTS) is 1. The molecule has 3 aromatic rings. The highest BCUT2D eigenvalue weighted by molar-refractivity contribution is 5.67. The molecule has 0 fully saturated rings. The van der Waals surface area contributed by atoms with E-state index in [0.29, 0.717) is 23.9 Å². The number of rotatable bonds is 6. The monoisotopic (exact) mass is 389 g/mol. The fraction of sp³-hybridized carbons (Fsp3) is 0.273. The summed E-state index contributed by atoms with van der Waals surface area (Å²) in [7, 11) is 0. The molecule has 7 nitrogen and oxygen atoms in total. The number of nitrogens with one attached hydrogen (secondary N) is 1. The van der Waals surface area contributed by atoms with Gasteiger partial charge < -0.3 is 15.3 Å². The first-order valence-electron chi connectivity index (χ1n) is 9.77. The Morgan fingerprint density at radius 1 is 1.10 bits per heavy atom. The number of carbonyl (C=O) groups is 1. The molecular formula is C22H23N5O2. The van der Waals surface area contributed by atoms with E-state index < -0.39 is 5.97 Å². The van der Waals surface area contributed by atoms with Crippen molar-refractivity contribution >= 4 is 17.6 Å². The number of fused-ring (bicyclic) bond motifs is 1. The van der Waals surface area contributed by atoms with Gasteiger partial charge in [0.2, 0.25) is 0 Å². The van der Waals surface area contributed by atoms with Crippen molar-refractivity contribution in [1.29, 1.82) is 0 Å². The fourth-order valence-corrected chi connectivity index (χ4v) is 3.49. The third kappa shape index (κ3) is 4.68. The minimum absolute atomic E-state index is 0.0232. The lowest BCUT2D eigenvalue weighted by Crippen LogP contribution is -2.24. The van der Waals surface area contributed by atoms with Crippen molar-refractivity contribution < 1.29 is 9.90 Å². The lowest BCUT2D eigenvalue weighted by molar-refractivity contribution is -0.136. The molecule has 1 aromatic carbocycles. The van der Waals surface area contributed by atoms with E-state index in [2.05, 4.69) is 44.5 Å². The van der Waals surface area contributed by atoms with E-state index in [1.165, 1.54) is 11.1 Å². The number of hydrogen-bond donors (Lipinski definition) is 2. The molecule has 29 heavy (non-hydrogen) atoms. The van der Waals surface area contributed by atoms with Crippen LogP contribution in [0.15, 0.2) is 54.7 Å². The van der Waals surface area contributed by atoms with Crippen LogP contribution in [-0.2, 0) is 17.8 Å². The van der Waals surface area contributed by atoms with Crippen LogP contribution in [0, 0.1) is 0 Å². The third-order valence-electron chi connectivity index (χ3n) is 4.93. The van der Waals surface area contributed by atoms with E-state index in [4.69, 9.17) is 10.1 Å². The number of aromatic nitrogens is 3. The molecule has 0 saturated heterocycles. The van der Waals surface area contributed by atoms with Crippen LogP contribution in [0.5, 0.6) is 0 Å². The molecule has 0 spiro atoms. The van der Waals surface area contributed by atoms with Crippen molar-refractivity contribution in [2.75, 3.05) is 23.3 Å². The van der Waals surface area contributed by atoms with E-state index in [9.17, 15) is 4.79 Å². The quantitative estimate of drug-likeness (QED) is 0.668. The molecule has 3 heterocycles. The second-order valence-corrected chi connectivity index (χ2v) is 7.01. The van der Waals surface area contributed by atoms with Crippen LogP contribution in [0.2, 0.25) is 0 Å². The topological polar surface area (TPSA) is 91.2 Å². The molecule has 0 saturated carbocycles. The van der Waals surface area contributed by atoms with Gasteiger partial charge in [0.1, 0.15) is 17.3 Å². The van der Waals surface area contributed by atoms with Crippen molar-refractivity contribution in [3.8, 4) is 11.5 Å². The Bertz CT molecular complexity index is 994. The summed E-state index contributed by atoms with van der Waals surface area (Å²) in [6.07, 6.45) is 3.83. The molecule has 0 bridgehead atoms. The van der Waals surface area contributed by atoms with E-state index in [-0.39, 0.29) is 6.42 Å². The van der Waals surface area contributed by atoms with E-state index >= 15 is 0 Å². The molecule has 2 aromatic heterocycles. The van der Waals surface area contributed by atoms with Gasteiger partial charge in [0.15, 0.2) is 5.82 Å². The number of anilines is 2. The largest absolute Gasteiger partial charge is 0.481 e. The Kier molecular flexibility index (Phi) is 5.65. The highest BCUT2D eigenvalue weighted by Crippen LogP contribution is 2.26. The molecule has 7 heteroatoms. The van der Waals surface area contributed by atoms with Gasteiger partial charge in [-0.1, -0.05) is 30.3 Å². The highest BCUT2D eigenvalue weighted by atomic mass is 16.4. The van der Waals surface area contributed by atoms with Crippen molar-refractivity contribution in [1.82, 2.24) is 15.0 Å². The second kappa shape index (κ2) is 8.68. The van der Waals surface area contributed by atoms with Gasteiger partial charge >= 0.3 is 5.97 Å². The van der Waals surface area contributed by atoms with Gasteiger partial charge in [0.25, 0.3) is 0 Å². The molecule has 4 rings (SSSR count). The van der Waals surface area contributed by atoms with Gasteiger partial charge in [-0.25, -0.2) is 9.97 Å². The number of pyridine rings is 1. The number of benzene rings is 1. The maximum absolute atomic E-state index is 10.9. The summed E-state index contributed by atoms with van der Waals surface area (Å²) in [6.45, 7) is 1.97. The van der Waals surface area contributed by atoms with E-state index in [0.717, 1.165) is 31.7 Å². The Labute approximate surface area is 169 Å².